The van der Waals surface area contributed by atoms with Gasteiger partial charge in [0.05, 0.1) is 5.56 Å². The summed E-state index contributed by atoms with van der Waals surface area (Å²) in [6, 6.07) is 6.30. The number of hydrogen-bond donors (Lipinski definition) is 1. The minimum Gasteiger partial charge on any atom is -0.349 e. The molecule has 1 N–H and O–H groups in total. The Morgan fingerprint density at radius 1 is 1.28 bits per heavy atom. The molecule has 0 atom stereocenters. The molecule has 0 bridgehead atoms. The van der Waals surface area contributed by atoms with Crippen LogP contribution in [0.5, 0.6) is 0 Å². The molecule has 1 aromatic carbocycles. The monoisotopic (exact) mass is 249 g/mol. The van der Waals surface area contributed by atoms with E-state index in [-0.39, 0.29) is 17.5 Å². The second-order valence-electron chi connectivity index (χ2n) is 5.89. The van der Waals surface area contributed by atoms with E-state index < -0.39 is 5.82 Å². The van der Waals surface area contributed by atoms with E-state index in [4.69, 9.17) is 0 Å². The maximum Gasteiger partial charge on any atom is 0.254 e. The van der Waals surface area contributed by atoms with Gasteiger partial charge in [0.2, 0.25) is 0 Å². The molecular formula is C15H20FNO. The highest BCUT2D eigenvalue weighted by molar-refractivity contribution is 5.94. The van der Waals surface area contributed by atoms with E-state index in [1.165, 1.54) is 12.1 Å². The highest BCUT2D eigenvalue weighted by Crippen LogP contribution is 2.35. The molecule has 2 nitrogen and oxygen atoms in total. The summed E-state index contributed by atoms with van der Waals surface area (Å²) < 4.78 is 13.5. The van der Waals surface area contributed by atoms with Crippen LogP contribution in [0, 0.1) is 11.2 Å². The van der Waals surface area contributed by atoms with E-state index >= 15 is 0 Å². The van der Waals surface area contributed by atoms with Gasteiger partial charge in [-0.05, 0) is 43.2 Å². The Balaban J connectivity index is 1.95. The second-order valence-corrected chi connectivity index (χ2v) is 5.89. The van der Waals surface area contributed by atoms with Crippen LogP contribution in [-0.4, -0.2) is 11.9 Å². The van der Waals surface area contributed by atoms with E-state index in [0.717, 1.165) is 25.7 Å². The topological polar surface area (TPSA) is 29.1 Å². The molecule has 0 radical (unpaired) electrons. The minimum atomic E-state index is -0.453. The van der Waals surface area contributed by atoms with Gasteiger partial charge in [0, 0.05) is 6.04 Å². The predicted octanol–water partition coefficient (Wildman–Crippen LogP) is 3.52. The van der Waals surface area contributed by atoms with E-state index in [1.54, 1.807) is 12.1 Å². The van der Waals surface area contributed by atoms with Gasteiger partial charge in [-0.25, -0.2) is 4.39 Å². The van der Waals surface area contributed by atoms with Crippen molar-refractivity contribution in [2.45, 2.75) is 45.6 Å². The van der Waals surface area contributed by atoms with Crippen LogP contribution in [0.2, 0.25) is 0 Å². The second kappa shape index (κ2) is 5.09. The molecule has 0 saturated heterocycles. The summed E-state index contributed by atoms with van der Waals surface area (Å²) in [5.41, 5.74) is 0.515. The summed E-state index contributed by atoms with van der Waals surface area (Å²) in [6.45, 7) is 4.50. The third-order valence-corrected chi connectivity index (χ3v) is 3.79. The van der Waals surface area contributed by atoms with Crippen LogP contribution in [0.25, 0.3) is 0 Å². The zero-order valence-electron chi connectivity index (χ0n) is 11.0. The first kappa shape index (κ1) is 13.1. The van der Waals surface area contributed by atoms with Crippen molar-refractivity contribution < 1.29 is 9.18 Å². The molecule has 0 heterocycles. The normalized spacial score (nSPS) is 19.5. The molecule has 1 aromatic rings. The smallest absolute Gasteiger partial charge is 0.254 e. The fraction of sp³-hybridized carbons (Fsp3) is 0.533. The number of nitrogens with one attached hydrogen (secondary N) is 1. The van der Waals surface area contributed by atoms with Crippen molar-refractivity contribution in [3.8, 4) is 0 Å². The van der Waals surface area contributed by atoms with Crippen molar-refractivity contribution in [2.75, 3.05) is 0 Å². The van der Waals surface area contributed by atoms with E-state index in [0.29, 0.717) is 5.41 Å². The molecule has 1 aliphatic carbocycles. The molecule has 2 rings (SSSR count). The van der Waals surface area contributed by atoms with Crippen molar-refractivity contribution in [1.29, 1.82) is 0 Å². The SMILES string of the molecule is CC1(C)CCC(NC(=O)c2ccccc2F)CC1. The first-order valence-electron chi connectivity index (χ1n) is 6.53. The number of benzene rings is 1. The van der Waals surface area contributed by atoms with Crippen LogP contribution in [0.15, 0.2) is 24.3 Å². The summed E-state index contributed by atoms with van der Waals surface area (Å²) in [5, 5.41) is 2.93. The largest absolute Gasteiger partial charge is 0.349 e. The summed E-state index contributed by atoms with van der Waals surface area (Å²) >= 11 is 0. The van der Waals surface area contributed by atoms with Gasteiger partial charge in [0.15, 0.2) is 0 Å². The van der Waals surface area contributed by atoms with Crippen molar-refractivity contribution in [1.82, 2.24) is 5.32 Å². The van der Waals surface area contributed by atoms with Crippen LogP contribution in [0.3, 0.4) is 0 Å². The molecule has 1 aliphatic rings. The van der Waals surface area contributed by atoms with Gasteiger partial charge in [-0.2, -0.15) is 0 Å². The Morgan fingerprint density at radius 3 is 2.50 bits per heavy atom. The van der Waals surface area contributed by atoms with E-state index in [1.807, 2.05) is 0 Å². The summed E-state index contributed by atoms with van der Waals surface area (Å²) in [7, 11) is 0. The van der Waals surface area contributed by atoms with Crippen LogP contribution in [0.4, 0.5) is 4.39 Å². The maximum atomic E-state index is 13.5. The molecule has 98 valence electrons. The van der Waals surface area contributed by atoms with Crippen molar-refractivity contribution in [3.05, 3.63) is 35.6 Å². The minimum absolute atomic E-state index is 0.141. The Morgan fingerprint density at radius 2 is 1.89 bits per heavy atom. The molecule has 1 fully saturated rings. The van der Waals surface area contributed by atoms with Crippen molar-refractivity contribution in [2.24, 2.45) is 5.41 Å². The molecule has 0 aliphatic heterocycles. The Kier molecular flexibility index (Phi) is 3.69. The zero-order chi connectivity index (χ0) is 13.2. The van der Waals surface area contributed by atoms with Gasteiger partial charge >= 0.3 is 0 Å². The molecule has 0 unspecified atom stereocenters. The highest BCUT2D eigenvalue weighted by atomic mass is 19.1. The predicted molar refractivity (Wildman–Crippen MR) is 69.9 cm³/mol. The van der Waals surface area contributed by atoms with Crippen LogP contribution in [-0.2, 0) is 0 Å². The molecular weight excluding hydrogens is 229 g/mol. The third-order valence-electron chi connectivity index (χ3n) is 3.79. The number of amides is 1. The first-order chi connectivity index (χ1) is 8.48. The lowest BCUT2D eigenvalue weighted by Gasteiger charge is -2.34. The molecule has 0 aromatic heterocycles. The molecule has 3 heteroatoms. The van der Waals surface area contributed by atoms with Crippen LogP contribution >= 0.6 is 0 Å². The number of carbonyl (C=O) groups is 1. The van der Waals surface area contributed by atoms with Crippen molar-refractivity contribution in [3.63, 3.8) is 0 Å². The van der Waals surface area contributed by atoms with Gasteiger partial charge < -0.3 is 5.32 Å². The lowest BCUT2D eigenvalue weighted by Crippen LogP contribution is -2.39. The summed E-state index contributed by atoms with van der Waals surface area (Å²) in [4.78, 5) is 11.9. The van der Waals surface area contributed by atoms with Gasteiger partial charge in [-0.1, -0.05) is 26.0 Å². The van der Waals surface area contributed by atoms with Gasteiger partial charge in [0.1, 0.15) is 5.82 Å². The molecule has 1 amide bonds. The molecule has 18 heavy (non-hydrogen) atoms. The Labute approximate surface area is 108 Å². The van der Waals surface area contributed by atoms with Gasteiger partial charge in [-0.3, -0.25) is 4.79 Å². The third kappa shape index (κ3) is 3.09. The lowest BCUT2D eigenvalue weighted by atomic mass is 9.75. The van der Waals surface area contributed by atoms with E-state index in [9.17, 15) is 9.18 Å². The quantitative estimate of drug-likeness (QED) is 0.853. The first-order valence-corrected chi connectivity index (χ1v) is 6.53. The maximum absolute atomic E-state index is 13.5. The van der Waals surface area contributed by atoms with Crippen LogP contribution in [0.1, 0.15) is 49.9 Å². The average molecular weight is 249 g/mol. The fourth-order valence-corrected chi connectivity index (χ4v) is 2.45. The number of carbonyl (C=O) groups excluding carboxylic acids is 1. The van der Waals surface area contributed by atoms with Crippen LogP contribution < -0.4 is 5.32 Å². The summed E-state index contributed by atoms with van der Waals surface area (Å²) in [5.74, 6) is -0.746. The zero-order valence-corrected chi connectivity index (χ0v) is 11.0. The number of rotatable bonds is 2. The Hall–Kier alpha value is -1.38. The lowest BCUT2D eigenvalue weighted by molar-refractivity contribution is 0.0905. The number of halogens is 1. The standard InChI is InChI=1S/C15H20FNO/c1-15(2)9-7-11(8-10-15)17-14(18)12-5-3-4-6-13(12)16/h3-6,11H,7-10H2,1-2H3,(H,17,18). The average Bonchev–Trinajstić information content (AvgIpc) is 2.32. The molecule has 1 saturated carbocycles. The fourth-order valence-electron chi connectivity index (χ4n) is 2.45. The molecule has 0 spiro atoms. The number of hydrogen-bond acceptors (Lipinski definition) is 1. The Bertz CT molecular complexity index is 432. The van der Waals surface area contributed by atoms with Crippen molar-refractivity contribution >= 4 is 5.91 Å². The summed E-state index contributed by atoms with van der Waals surface area (Å²) in [6.07, 6.45) is 4.17. The van der Waals surface area contributed by atoms with E-state index in [2.05, 4.69) is 19.2 Å². The highest BCUT2D eigenvalue weighted by Gasteiger charge is 2.28. The van der Waals surface area contributed by atoms with Gasteiger partial charge in [-0.15, -0.1) is 0 Å². The van der Waals surface area contributed by atoms with Gasteiger partial charge in [0.25, 0.3) is 5.91 Å².